The van der Waals surface area contributed by atoms with E-state index in [-0.39, 0.29) is 24.8 Å². The number of ether oxygens (including phenoxy) is 1. The average Bonchev–Trinajstić information content (AvgIpc) is 3.28. The molecule has 5 heteroatoms. The van der Waals surface area contributed by atoms with Gasteiger partial charge in [-0.3, -0.25) is 9.80 Å². The van der Waals surface area contributed by atoms with E-state index in [2.05, 4.69) is 58.3 Å². The van der Waals surface area contributed by atoms with E-state index in [9.17, 15) is 0 Å². The van der Waals surface area contributed by atoms with Crippen molar-refractivity contribution in [2.24, 2.45) is 0 Å². The Hall–Kier alpha value is -1.26. The fourth-order valence-corrected chi connectivity index (χ4v) is 4.84. The molecule has 0 bridgehead atoms. The molecule has 160 valence electrons. The molecule has 3 nitrogen and oxygen atoms in total. The molecule has 0 aromatic heterocycles. The maximum atomic E-state index is 5.44. The molecule has 2 aromatic carbocycles. The number of hydrogen-bond acceptors (Lipinski definition) is 3. The normalized spacial score (nSPS) is 19.2. The Bertz CT molecular complexity index is 714. The third-order valence-electron chi connectivity index (χ3n) is 6.38. The van der Waals surface area contributed by atoms with Crippen LogP contribution in [-0.2, 0) is 6.42 Å². The molecule has 1 saturated carbocycles. The van der Waals surface area contributed by atoms with Gasteiger partial charge < -0.3 is 4.74 Å². The number of nitrogens with zero attached hydrogens (tertiary/aromatic N) is 2. The second-order valence-electron chi connectivity index (χ2n) is 7.99. The molecule has 1 heterocycles. The molecule has 0 N–H and O–H groups in total. The second kappa shape index (κ2) is 11.8. The first-order valence-corrected chi connectivity index (χ1v) is 10.5. The molecule has 2 fully saturated rings. The summed E-state index contributed by atoms with van der Waals surface area (Å²) >= 11 is 0. The van der Waals surface area contributed by atoms with E-state index >= 15 is 0 Å². The zero-order chi connectivity index (χ0) is 18.5. The fourth-order valence-electron chi connectivity index (χ4n) is 4.84. The van der Waals surface area contributed by atoms with Crippen molar-refractivity contribution in [2.75, 3.05) is 33.3 Å². The minimum atomic E-state index is 0. The van der Waals surface area contributed by atoms with Gasteiger partial charge in [-0.25, -0.2) is 0 Å². The Kier molecular flexibility index (Phi) is 9.78. The van der Waals surface area contributed by atoms with Crippen molar-refractivity contribution >= 4 is 24.8 Å². The number of benzene rings is 2. The van der Waals surface area contributed by atoms with E-state index in [1.54, 1.807) is 7.11 Å². The van der Waals surface area contributed by atoms with Crippen LogP contribution in [0.5, 0.6) is 5.75 Å². The third kappa shape index (κ3) is 6.11. The number of piperazine rings is 1. The Morgan fingerprint density at radius 1 is 0.897 bits per heavy atom. The van der Waals surface area contributed by atoms with Crippen molar-refractivity contribution in [3.05, 3.63) is 65.7 Å². The van der Waals surface area contributed by atoms with Gasteiger partial charge in [-0.15, -0.1) is 24.8 Å². The van der Waals surface area contributed by atoms with Crippen molar-refractivity contribution in [3.63, 3.8) is 0 Å². The highest BCUT2D eigenvalue weighted by Gasteiger charge is 2.29. The molecule has 29 heavy (non-hydrogen) atoms. The molecule has 1 aliphatic heterocycles. The quantitative estimate of drug-likeness (QED) is 0.603. The van der Waals surface area contributed by atoms with Crippen molar-refractivity contribution in [3.8, 4) is 5.75 Å². The van der Waals surface area contributed by atoms with Gasteiger partial charge >= 0.3 is 0 Å². The summed E-state index contributed by atoms with van der Waals surface area (Å²) in [5, 5.41) is 0. The van der Waals surface area contributed by atoms with Gasteiger partial charge in [-0.2, -0.15) is 0 Å². The summed E-state index contributed by atoms with van der Waals surface area (Å²) in [5.41, 5.74) is 2.77. The lowest BCUT2D eigenvalue weighted by Gasteiger charge is -2.42. The van der Waals surface area contributed by atoms with Crippen LogP contribution >= 0.6 is 24.8 Å². The first-order valence-electron chi connectivity index (χ1n) is 10.5. The second-order valence-corrected chi connectivity index (χ2v) is 7.99. The molecule has 1 saturated heterocycles. The van der Waals surface area contributed by atoms with Crippen molar-refractivity contribution in [2.45, 2.75) is 44.2 Å². The number of hydrogen-bond donors (Lipinski definition) is 0. The summed E-state index contributed by atoms with van der Waals surface area (Å²) in [6.45, 7) is 4.76. The van der Waals surface area contributed by atoms with Gasteiger partial charge in [0.1, 0.15) is 5.75 Å². The van der Waals surface area contributed by atoms with Gasteiger partial charge in [0.2, 0.25) is 0 Å². The number of halogens is 2. The van der Waals surface area contributed by atoms with E-state index in [1.165, 1.54) is 63.0 Å². The Balaban J connectivity index is 0.00000150. The molecule has 0 amide bonds. The molecule has 1 atom stereocenters. The highest BCUT2D eigenvalue weighted by Crippen LogP contribution is 2.30. The van der Waals surface area contributed by atoms with Crippen LogP contribution < -0.4 is 4.74 Å². The predicted octanol–water partition coefficient (Wildman–Crippen LogP) is 5.38. The van der Waals surface area contributed by atoms with Gasteiger partial charge in [0.15, 0.2) is 0 Å². The molecular weight excluding hydrogens is 403 g/mol. The summed E-state index contributed by atoms with van der Waals surface area (Å²) in [7, 11) is 1.75. The Labute approximate surface area is 188 Å². The van der Waals surface area contributed by atoms with Gasteiger partial charge in [-0.1, -0.05) is 55.3 Å². The number of methoxy groups -OCH3 is 1. The van der Waals surface area contributed by atoms with E-state index in [0.29, 0.717) is 6.04 Å². The Morgan fingerprint density at radius 3 is 2.24 bits per heavy atom. The molecule has 1 aliphatic carbocycles. The highest BCUT2D eigenvalue weighted by molar-refractivity contribution is 5.85. The van der Waals surface area contributed by atoms with E-state index < -0.39 is 0 Å². The summed E-state index contributed by atoms with van der Waals surface area (Å²) in [6, 6.07) is 20.9. The molecule has 2 aromatic rings. The lowest BCUT2D eigenvalue weighted by molar-refractivity contribution is 0.0698. The lowest BCUT2D eigenvalue weighted by Crippen LogP contribution is -2.50. The minimum absolute atomic E-state index is 0. The monoisotopic (exact) mass is 436 g/mol. The maximum Gasteiger partial charge on any atom is 0.119 e. The van der Waals surface area contributed by atoms with Gasteiger partial charge in [0.05, 0.1) is 7.11 Å². The zero-order valence-corrected chi connectivity index (χ0v) is 19.0. The van der Waals surface area contributed by atoms with Gasteiger partial charge in [0.25, 0.3) is 0 Å². The van der Waals surface area contributed by atoms with Crippen molar-refractivity contribution in [1.29, 1.82) is 0 Å². The van der Waals surface area contributed by atoms with Crippen LogP contribution in [0.1, 0.15) is 42.9 Å². The molecular formula is C24H34Cl2N2O. The summed E-state index contributed by atoms with van der Waals surface area (Å²) in [4.78, 5) is 5.44. The molecule has 0 spiro atoms. The number of rotatable bonds is 6. The lowest BCUT2D eigenvalue weighted by atomic mass is 9.96. The smallest absolute Gasteiger partial charge is 0.119 e. The zero-order valence-electron chi connectivity index (χ0n) is 17.3. The van der Waals surface area contributed by atoms with Crippen molar-refractivity contribution in [1.82, 2.24) is 9.80 Å². The minimum Gasteiger partial charge on any atom is -0.497 e. The Morgan fingerprint density at radius 2 is 1.59 bits per heavy atom. The molecule has 0 radical (unpaired) electrons. The SMILES string of the molecule is COc1cccc(CC(c2ccccc2)N2CCN(C3CCCC3)CC2)c1.Cl.Cl. The summed E-state index contributed by atoms with van der Waals surface area (Å²) in [5.74, 6) is 0.949. The van der Waals surface area contributed by atoms with Crippen LogP contribution in [0, 0.1) is 0 Å². The first-order chi connectivity index (χ1) is 13.3. The summed E-state index contributed by atoms with van der Waals surface area (Å²) < 4.78 is 5.44. The highest BCUT2D eigenvalue weighted by atomic mass is 35.5. The topological polar surface area (TPSA) is 15.7 Å². The maximum absolute atomic E-state index is 5.44. The fraction of sp³-hybridized carbons (Fsp3) is 0.500. The molecule has 1 unspecified atom stereocenters. The van der Waals surface area contributed by atoms with Gasteiger partial charge in [0, 0.05) is 38.3 Å². The third-order valence-corrected chi connectivity index (χ3v) is 6.38. The molecule has 4 rings (SSSR count). The van der Waals surface area contributed by atoms with E-state index in [0.717, 1.165) is 18.2 Å². The van der Waals surface area contributed by atoms with Crippen LogP contribution in [-0.4, -0.2) is 49.1 Å². The average molecular weight is 437 g/mol. The standard InChI is InChI=1S/C24H32N2O.2ClH/c1-27-23-13-7-8-20(18-23)19-24(21-9-3-2-4-10-21)26-16-14-25(15-17-26)22-11-5-6-12-22;;/h2-4,7-10,13,18,22,24H,5-6,11-12,14-17,19H2,1H3;2*1H. The van der Waals surface area contributed by atoms with Crippen molar-refractivity contribution < 1.29 is 4.74 Å². The van der Waals surface area contributed by atoms with Crippen LogP contribution in [0.15, 0.2) is 54.6 Å². The largest absolute Gasteiger partial charge is 0.497 e. The van der Waals surface area contributed by atoms with Crippen LogP contribution in [0.3, 0.4) is 0 Å². The van der Waals surface area contributed by atoms with Crippen LogP contribution in [0.25, 0.3) is 0 Å². The molecule has 2 aliphatic rings. The van der Waals surface area contributed by atoms with Crippen LogP contribution in [0.2, 0.25) is 0 Å². The van der Waals surface area contributed by atoms with E-state index in [4.69, 9.17) is 4.74 Å². The van der Waals surface area contributed by atoms with E-state index in [1.807, 2.05) is 6.07 Å². The summed E-state index contributed by atoms with van der Waals surface area (Å²) in [6.07, 6.45) is 6.70. The first kappa shape index (κ1) is 24.0. The van der Waals surface area contributed by atoms with Gasteiger partial charge in [-0.05, 0) is 42.5 Å². The predicted molar refractivity (Wildman–Crippen MR) is 126 cm³/mol. The van der Waals surface area contributed by atoms with Crippen LogP contribution in [0.4, 0.5) is 0 Å².